The Morgan fingerprint density at radius 1 is 0.404 bits per heavy atom. The van der Waals surface area contributed by atoms with Crippen LogP contribution in [-0.2, 0) is 0 Å². The van der Waals surface area contributed by atoms with E-state index in [1.54, 1.807) is 0 Å². The summed E-state index contributed by atoms with van der Waals surface area (Å²) in [6, 6.07) is 72.6. The average molecular weight is 744 g/mol. The SMILES string of the molecule is c1ccc(-c2c(N(c3ccc(-c4cccc5c4sc4ccccc45)cc3)c3ccc4ccccc4c3)ccc3oc4c5ccccc5c5ccccc5c4c23)cc1. The van der Waals surface area contributed by atoms with Gasteiger partial charge in [-0.1, -0.05) is 158 Å². The molecule has 0 N–H and O–H groups in total. The fourth-order valence-corrected chi connectivity index (χ4v) is 10.3. The van der Waals surface area contributed by atoms with E-state index in [-0.39, 0.29) is 0 Å². The third kappa shape index (κ3) is 4.96. The Labute approximate surface area is 333 Å². The van der Waals surface area contributed by atoms with Crippen molar-refractivity contribution in [2.75, 3.05) is 4.90 Å². The Kier molecular flexibility index (Phi) is 7.13. The number of hydrogen-bond donors (Lipinski definition) is 0. The Hall–Kier alpha value is -7.20. The van der Waals surface area contributed by atoms with Gasteiger partial charge in [-0.15, -0.1) is 11.3 Å². The molecule has 0 aliphatic carbocycles. The van der Waals surface area contributed by atoms with E-state index in [2.05, 4.69) is 205 Å². The van der Waals surface area contributed by atoms with Crippen LogP contribution in [-0.4, -0.2) is 0 Å². The number of benzene rings is 10. The van der Waals surface area contributed by atoms with Crippen molar-refractivity contribution in [3.8, 4) is 22.3 Å². The molecule has 12 rings (SSSR count). The number of thiophene rings is 1. The van der Waals surface area contributed by atoms with Crippen molar-refractivity contribution in [3.63, 3.8) is 0 Å². The Balaban J connectivity index is 1.14. The molecule has 0 unspecified atom stereocenters. The molecule has 10 aromatic carbocycles. The van der Waals surface area contributed by atoms with E-state index in [1.807, 2.05) is 11.3 Å². The van der Waals surface area contributed by atoms with Gasteiger partial charge in [-0.3, -0.25) is 0 Å². The lowest BCUT2D eigenvalue weighted by Gasteiger charge is -2.29. The highest BCUT2D eigenvalue weighted by atomic mass is 32.1. The Morgan fingerprint density at radius 3 is 1.88 bits per heavy atom. The molecule has 12 aromatic rings. The van der Waals surface area contributed by atoms with Gasteiger partial charge in [0.25, 0.3) is 0 Å². The second kappa shape index (κ2) is 12.7. The minimum absolute atomic E-state index is 0.874. The van der Waals surface area contributed by atoms with Gasteiger partial charge < -0.3 is 9.32 Å². The van der Waals surface area contributed by atoms with Crippen molar-refractivity contribution in [1.29, 1.82) is 0 Å². The molecule has 2 nitrogen and oxygen atoms in total. The van der Waals surface area contributed by atoms with Crippen molar-refractivity contribution in [1.82, 2.24) is 0 Å². The average Bonchev–Trinajstić information content (AvgIpc) is 3.87. The molecule has 0 fully saturated rings. The molecule has 57 heavy (non-hydrogen) atoms. The van der Waals surface area contributed by atoms with Gasteiger partial charge in [0.15, 0.2) is 0 Å². The van der Waals surface area contributed by atoms with Gasteiger partial charge in [-0.2, -0.15) is 0 Å². The minimum atomic E-state index is 0.874. The summed E-state index contributed by atoms with van der Waals surface area (Å²) in [6.07, 6.45) is 0. The van der Waals surface area contributed by atoms with E-state index in [0.717, 1.165) is 55.5 Å². The quantitative estimate of drug-likeness (QED) is 0.163. The highest BCUT2D eigenvalue weighted by Gasteiger charge is 2.25. The molecule has 0 saturated heterocycles. The maximum atomic E-state index is 6.94. The molecule has 0 radical (unpaired) electrons. The highest BCUT2D eigenvalue weighted by molar-refractivity contribution is 7.26. The lowest BCUT2D eigenvalue weighted by molar-refractivity contribution is 0.673. The molecule has 2 heterocycles. The third-order valence-corrected chi connectivity index (χ3v) is 12.8. The van der Waals surface area contributed by atoms with Gasteiger partial charge in [0.05, 0.1) is 5.69 Å². The first-order valence-electron chi connectivity index (χ1n) is 19.4. The minimum Gasteiger partial charge on any atom is -0.455 e. The molecule has 0 bridgehead atoms. The number of rotatable bonds is 5. The van der Waals surface area contributed by atoms with Crippen LogP contribution in [0.2, 0.25) is 0 Å². The van der Waals surface area contributed by atoms with Crippen LogP contribution >= 0.6 is 11.3 Å². The lowest BCUT2D eigenvalue weighted by atomic mass is 9.92. The van der Waals surface area contributed by atoms with Crippen molar-refractivity contribution in [2.24, 2.45) is 0 Å². The number of anilines is 3. The summed E-state index contributed by atoms with van der Waals surface area (Å²) in [7, 11) is 0. The number of hydrogen-bond acceptors (Lipinski definition) is 3. The van der Waals surface area contributed by atoms with Crippen LogP contribution in [0, 0.1) is 0 Å². The smallest absolute Gasteiger partial charge is 0.143 e. The van der Waals surface area contributed by atoms with Crippen molar-refractivity contribution >= 4 is 103 Å². The molecule has 3 heteroatoms. The molecule has 0 spiro atoms. The fourth-order valence-electron chi connectivity index (χ4n) is 9.07. The van der Waals surface area contributed by atoms with Crippen molar-refractivity contribution in [2.45, 2.75) is 0 Å². The second-order valence-electron chi connectivity index (χ2n) is 14.8. The van der Waals surface area contributed by atoms with Crippen molar-refractivity contribution in [3.05, 3.63) is 200 Å². The van der Waals surface area contributed by atoms with Crippen LogP contribution in [0.15, 0.2) is 205 Å². The molecule has 0 aliphatic rings. The molecular weight excluding hydrogens is 711 g/mol. The van der Waals surface area contributed by atoms with E-state index >= 15 is 0 Å². The summed E-state index contributed by atoms with van der Waals surface area (Å²) in [5.74, 6) is 0. The predicted octanol–water partition coefficient (Wildman–Crippen LogP) is 16.2. The number of fused-ring (bicyclic) bond motifs is 12. The summed E-state index contributed by atoms with van der Waals surface area (Å²) in [4.78, 5) is 2.43. The molecular formula is C54H33NOS. The van der Waals surface area contributed by atoms with E-state index in [1.165, 1.54) is 58.2 Å². The predicted molar refractivity (Wildman–Crippen MR) is 245 cm³/mol. The maximum Gasteiger partial charge on any atom is 0.143 e. The van der Waals surface area contributed by atoms with E-state index in [4.69, 9.17) is 4.42 Å². The topological polar surface area (TPSA) is 16.4 Å². The summed E-state index contributed by atoms with van der Waals surface area (Å²) in [5.41, 5.74) is 9.79. The number of furan rings is 1. The lowest BCUT2D eigenvalue weighted by Crippen LogP contribution is -2.11. The van der Waals surface area contributed by atoms with Crippen LogP contribution in [0.4, 0.5) is 17.1 Å². The van der Waals surface area contributed by atoms with Crippen LogP contribution < -0.4 is 4.90 Å². The monoisotopic (exact) mass is 743 g/mol. The molecule has 0 amide bonds. The Bertz CT molecular complexity index is 3520. The summed E-state index contributed by atoms with van der Waals surface area (Å²) >= 11 is 1.87. The van der Waals surface area contributed by atoms with Crippen LogP contribution in [0.1, 0.15) is 0 Å². The maximum absolute atomic E-state index is 6.94. The fraction of sp³-hybridized carbons (Fsp3) is 0. The molecule has 0 saturated carbocycles. The largest absolute Gasteiger partial charge is 0.455 e. The summed E-state index contributed by atoms with van der Waals surface area (Å²) in [6.45, 7) is 0. The summed E-state index contributed by atoms with van der Waals surface area (Å²) in [5, 5.41) is 12.0. The van der Waals surface area contributed by atoms with E-state index in [9.17, 15) is 0 Å². The summed E-state index contributed by atoms with van der Waals surface area (Å²) < 4.78 is 9.58. The zero-order valence-corrected chi connectivity index (χ0v) is 31.6. The van der Waals surface area contributed by atoms with Gasteiger partial charge in [-0.25, -0.2) is 0 Å². The van der Waals surface area contributed by atoms with Gasteiger partial charge in [0.1, 0.15) is 11.2 Å². The standard InChI is InChI=1S/C54H33NOS/c1-2-14-36(15-3-1)50-47(31-32-48-52(50)51-44-20-8-6-17-41(44)42-18-7-9-21-45(42)53(51)56-48)55(39-30-25-34-13-4-5-16-37(34)33-39)38-28-26-35(27-29-38)40-22-12-23-46-43-19-10-11-24-49(43)57-54(40)46/h1-33H. The van der Waals surface area contributed by atoms with Crippen LogP contribution in [0.3, 0.4) is 0 Å². The molecule has 0 atom stereocenters. The van der Waals surface area contributed by atoms with Crippen LogP contribution in [0.5, 0.6) is 0 Å². The first kappa shape index (κ1) is 32.1. The van der Waals surface area contributed by atoms with Crippen LogP contribution in [0.25, 0.3) is 96.7 Å². The second-order valence-corrected chi connectivity index (χ2v) is 15.8. The number of nitrogens with zero attached hydrogens (tertiary/aromatic N) is 1. The molecule has 2 aromatic heterocycles. The molecule has 266 valence electrons. The van der Waals surface area contributed by atoms with E-state index < -0.39 is 0 Å². The molecule has 0 aliphatic heterocycles. The highest BCUT2D eigenvalue weighted by Crippen LogP contribution is 2.50. The normalized spacial score (nSPS) is 11.9. The van der Waals surface area contributed by atoms with Gasteiger partial charge >= 0.3 is 0 Å². The third-order valence-electron chi connectivity index (χ3n) is 11.6. The first-order valence-corrected chi connectivity index (χ1v) is 20.2. The van der Waals surface area contributed by atoms with Gasteiger partial charge in [0.2, 0.25) is 0 Å². The van der Waals surface area contributed by atoms with Gasteiger partial charge in [-0.05, 0) is 86.1 Å². The van der Waals surface area contributed by atoms with E-state index in [0.29, 0.717) is 0 Å². The van der Waals surface area contributed by atoms with Gasteiger partial charge in [0, 0.05) is 53.3 Å². The first-order chi connectivity index (χ1) is 28.3. The Morgan fingerprint density at radius 2 is 1.05 bits per heavy atom. The zero-order chi connectivity index (χ0) is 37.5. The van der Waals surface area contributed by atoms with Crippen molar-refractivity contribution < 1.29 is 4.42 Å². The zero-order valence-electron chi connectivity index (χ0n) is 30.8.